The fraction of sp³-hybridized carbons (Fsp3) is 0.429. The highest BCUT2D eigenvalue weighted by Crippen LogP contribution is 2.32. The molecule has 2 fully saturated rings. The van der Waals surface area contributed by atoms with Crippen LogP contribution >= 0.6 is 0 Å². The molecule has 0 radical (unpaired) electrons. The average molecular weight is 320 g/mol. The first-order valence-electron chi connectivity index (χ1n) is 7.01. The van der Waals surface area contributed by atoms with Crippen LogP contribution in [0.5, 0.6) is 0 Å². The van der Waals surface area contributed by atoms with Crippen LogP contribution in [0.15, 0.2) is 23.1 Å². The Balaban J connectivity index is 1.78. The molecule has 22 heavy (non-hydrogen) atoms. The number of amides is 1. The average Bonchev–Trinajstić information content (AvgIpc) is 3.22. The highest BCUT2D eigenvalue weighted by atomic mass is 32.2. The van der Waals surface area contributed by atoms with E-state index in [9.17, 15) is 18.5 Å². The first-order valence-corrected chi connectivity index (χ1v) is 8.56. The fourth-order valence-electron chi connectivity index (χ4n) is 2.71. The molecule has 2 aliphatic rings. The van der Waals surface area contributed by atoms with Gasteiger partial charge in [-0.15, -0.1) is 0 Å². The lowest BCUT2D eigenvalue weighted by Gasteiger charge is -2.17. The summed E-state index contributed by atoms with van der Waals surface area (Å²) in [5.41, 5.74) is 0.717. The summed E-state index contributed by atoms with van der Waals surface area (Å²) in [4.78, 5) is 13.7. The van der Waals surface area contributed by atoms with E-state index >= 15 is 0 Å². The molecule has 3 rings (SSSR count). The lowest BCUT2D eigenvalue weighted by molar-refractivity contribution is -0.128. The Bertz CT molecular complexity index is 765. The minimum atomic E-state index is -3.84. The Morgan fingerprint density at radius 2 is 2.09 bits per heavy atom. The van der Waals surface area contributed by atoms with Crippen molar-refractivity contribution < 1.29 is 13.2 Å². The fourth-order valence-corrected chi connectivity index (χ4v) is 3.25. The standard InChI is InChI=1S/C14H16N4O3S/c15-7-9-5-12(22(16,20)21)3-4-13(9)17-10-6-14(19)18(8-10)11-1-2-11/h3-5,10-11,17H,1-2,6,8H2,(H2,16,20,21). The lowest BCUT2D eigenvalue weighted by atomic mass is 10.1. The Morgan fingerprint density at radius 1 is 1.36 bits per heavy atom. The van der Waals surface area contributed by atoms with Crippen molar-refractivity contribution >= 4 is 21.6 Å². The van der Waals surface area contributed by atoms with Gasteiger partial charge in [0, 0.05) is 19.0 Å². The number of anilines is 1. The van der Waals surface area contributed by atoms with Crippen LogP contribution in [0.4, 0.5) is 5.69 Å². The van der Waals surface area contributed by atoms with E-state index in [1.54, 1.807) is 0 Å². The number of rotatable bonds is 4. The number of primary sulfonamides is 1. The van der Waals surface area contributed by atoms with Crippen LogP contribution in [-0.2, 0) is 14.8 Å². The largest absolute Gasteiger partial charge is 0.379 e. The molecule has 1 aromatic carbocycles. The minimum absolute atomic E-state index is 0.0690. The molecule has 1 aromatic rings. The second-order valence-corrected chi connectivity index (χ2v) is 7.25. The SMILES string of the molecule is N#Cc1cc(S(N)(=O)=O)ccc1NC1CC(=O)N(C2CC2)C1. The molecule has 1 saturated heterocycles. The van der Waals surface area contributed by atoms with Gasteiger partial charge in [-0.05, 0) is 31.0 Å². The van der Waals surface area contributed by atoms with E-state index in [-0.39, 0.29) is 22.4 Å². The third-order valence-corrected chi connectivity index (χ3v) is 4.86. The second-order valence-electron chi connectivity index (χ2n) is 5.69. The van der Waals surface area contributed by atoms with E-state index in [4.69, 9.17) is 5.14 Å². The molecule has 1 atom stereocenters. The van der Waals surface area contributed by atoms with Crippen molar-refractivity contribution in [3.8, 4) is 6.07 Å². The van der Waals surface area contributed by atoms with Crippen molar-refractivity contribution in [3.63, 3.8) is 0 Å². The van der Waals surface area contributed by atoms with Crippen molar-refractivity contribution in [2.24, 2.45) is 5.14 Å². The summed E-state index contributed by atoms with van der Waals surface area (Å²) >= 11 is 0. The molecule has 7 nitrogen and oxygen atoms in total. The minimum Gasteiger partial charge on any atom is -0.379 e. The molecule has 1 unspecified atom stereocenters. The summed E-state index contributed by atoms with van der Waals surface area (Å²) in [6, 6.07) is 6.38. The van der Waals surface area contributed by atoms with Gasteiger partial charge in [-0.2, -0.15) is 5.26 Å². The molecule has 0 spiro atoms. The number of carbonyl (C=O) groups is 1. The molecule has 1 saturated carbocycles. The van der Waals surface area contributed by atoms with Gasteiger partial charge in [-0.25, -0.2) is 13.6 Å². The van der Waals surface area contributed by atoms with Crippen molar-refractivity contribution in [1.29, 1.82) is 5.26 Å². The van der Waals surface area contributed by atoms with Crippen LogP contribution in [0, 0.1) is 11.3 Å². The predicted octanol–water partition coefficient (Wildman–Crippen LogP) is 0.381. The second kappa shape index (κ2) is 5.26. The Hall–Kier alpha value is -2.11. The van der Waals surface area contributed by atoms with Crippen LogP contribution < -0.4 is 10.5 Å². The van der Waals surface area contributed by atoms with E-state index < -0.39 is 10.0 Å². The molecule has 8 heteroatoms. The number of carbonyl (C=O) groups excluding carboxylic acids is 1. The summed E-state index contributed by atoms with van der Waals surface area (Å²) in [5.74, 6) is 0.125. The molecule has 3 N–H and O–H groups in total. The molecule has 0 bridgehead atoms. The number of nitrogens with zero attached hydrogens (tertiary/aromatic N) is 2. The van der Waals surface area contributed by atoms with Crippen molar-refractivity contribution in [1.82, 2.24) is 4.90 Å². The Labute approximate surface area is 128 Å². The molecule has 116 valence electrons. The van der Waals surface area contributed by atoms with E-state index in [1.165, 1.54) is 18.2 Å². The maximum absolute atomic E-state index is 11.9. The van der Waals surface area contributed by atoms with Crippen LogP contribution in [-0.4, -0.2) is 37.9 Å². The van der Waals surface area contributed by atoms with Crippen LogP contribution in [0.25, 0.3) is 0 Å². The Morgan fingerprint density at radius 3 is 2.68 bits per heavy atom. The number of nitrogens with one attached hydrogen (secondary N) is 1. The lowest BCUT2D eigenvalue weighted by Crippen LogP contribution is -2.29. The summed E-state index contributed by atoms with van der Waals surface area (Å²) in [5, 5.41) is 17.4. The van der Waals surface area contributed by atoms with Gasteiger partial charge in [0.05, 0.1) is 22.2 Å². The van der Waals surface area contributed by atoms with E-state index in [0.717, 1.165) is 12.8 Å². The van der Waals surface area contributed by atoms with Crippen molar-refractivity contribution in [3.05, 3.63) is 23.8 Å². The summed E-state index contributed by atoms with van der Waals surface area (Å²) in [6.07, 6.45) is 2.51. The molecular weight excluding hydrogens is 304 g/mol. The molecule has 1 amide bonds. The van der Waals surface area contributed by atoms with Gasteiger partial charge < -0.3 is 10.2 Å². The molecule has 1 heterocycles. The maximum atomic E-state index is 11.9. The third kappa shape index (κ3) is 2.91. The first kappa shape index (κ1) is 14.8. The zero-order valence-electron chi connectivity index (χ0n) is 11.8. The van der Waals surface area contributed by atoms with Gasteiger partial charge in [0.15, 0.2) is 0 Å². The van der Waals surface area contributed by atoms with Crippen LogP contribution in [0.1, 0.15) is 24.8 Å². The first-order chi connectivity index (χ1) is 10.4. The molecule has 1 aliphatic heterocycles. The van der Waals surface area contributed by atoms with Gasteiger partial charge in [-0.3, -0.25) is 4.79 Å². The maximum Gasteiger partial charge on any atom is 0.238 e. The number of hydrogen-bond acceptors (Lipinski definition) is 5. The van der Waals surface area contributed by atoms with Crippen molar-refractivity contribution in [2.75, 3.05) is 11.9 Å². The molecule has 1 aliphatic carbocycles. The van der Waals surface area contributed by atoms with Gasteiger partial charge in [0.2, 0.25) is 15.9 Å². The van der Waals surface area contributed by atoms with Crippen LogP contribution in [0.2, 0.25) is 0 Å². The normalized spacial score (nSPS) is 21.7. The summed E-state index contributed by atoms with van der Waals surface area (Å²) in [6.45, 7) is 0.616. The number of benzene rings is 1. The predicted molar refractivity (Wildman–Crippen MR) is 79.3 cm³/mol. The summed E-state index contributed by atoms with van der Waals surface area (Å²) in [7, 11) is -3.84. The number of hydrogen-bond donors (Lipinski definition) is 2. The van der Waals surface area contributed by atoms with Crippen molar-refractivity contribution in [2.45, 2.75) is 36.2 Å². The third-order valence-electron chi connectivity index (χ3n) is 3.95. The topological polar surface area (TPSA) is 116 Å². The highest BCUT2D eigenvalue weighted by Gasteiger charge is 2.39. The smallest absolute Gasteiger partial charge is 0.238 e. The zero-order valence-corrected chi connectivity index (χ0v) is 12.6. The molecule has 0 aromatic heterocycles. The number of nitriles is 1. The van der Waals surface area contributed by atoms with E-state index in [2.05, 4.69) is 5.32 Å². The quantitative estimate of drug-likeness (QED) is 0.832. The van der Waals surface area contributed by atoms with Gasteiger partial charge in [0.1, 0.15) is 6.07 Å². The highest BCUT2D eigenvalue weighted by molar-refractivity contribution is 7.89. The van der Waals surface area contributed by atoms with Gasteiger partial charge in [-0.1, -0.05) is 0 Å². The van der Waals surface area contributed by atoms with Crippen LogP contribution in [0.3, 0.4) is 0 Å². The number of nitrogens with two attached hydrogens (primary N) is 1. The Kier molecular flexibility index (Phi) is 3.54. The van der Waals surface area contributed by atoms with Gasteiger partial charge >= 0.3 is 0 Å². The molecular formula is C14H16N4O3S. The van der Waals surface area contributed by atoms with E-state index in [0.29, 0.717) is 24.7 Å². The zero-order chi connectivity index (χ0) is 15.9. The van der Waals surface area contributed by atoms with E-state index in [1.807, 2.05) is 11.0 Å². The number of sulfonamides is 1. The number of likely N-dealkylation sites (tertiary alicyclic amines) is 1. The van der Waals surface area contributed by atoms with Gasteiger partial charge in [0.25, 0.3) is 0 Å². The summed E-state index contributed by atoms with van der Waals surface area (Å²) < 4.78 is 22.6. The monoisotopic (exact) mass is 320 g/mol.